The van der Waals surface area contributed by atoms with E-state index in [1.807, 2.05) is 0 Å². The molecule has 0 bridgehead atoms. The molecule has 0 unspecified atom stereocenters. The highest BCUT2D eigenvalue weighted by Gasteiger charge is 2.23. The van der Waals surface area contributed by atoms with E-state index in [1.54, 1.807) is 16.3 Å². The lowest BCUT2D eigenvalue weighted by Gasteiger charge is -2.16. The third kappa shape index (κ3) is 3.32. The molecule has 0 aliphatic carbocycles. The molecular weight excluding hydrogens is 336 g/mol. The van der Waals surface area contributed by atoms with Gasteiger partial charge in [-0.25, -0.2) is 8.42 Å². The van der Waals surface area contributed by atoms with Crippen LogP contribution in [-0.2, 0) is 10.0 Å². The van der Waals surface area contributed by atoms with E-state index < -0.39 is 10.0 Å². The third-order valence-corrected chi connectivity index (χ3v) is 6.41. The number of likely N-dealkylation sites (tertiary alicyclic amines) is 1. The van der Waals surface area contributed by atoms with E-state index in [0.717, 1.165) is 24.2 Å². The minimum Gasteiger partial charge on any atom is -0.507 e. The van der Waals surface area contributed by atoms with E-state index in [0.29, 0.717) is 13.1 Å². The van der Waals surface area contributed by atoms with Crippen LogP contribution in [0.15, 0.2) is 39.9 Å². The average Bonchev–Trinajstić information content (AvgIpc) is 3.20. The number of hydrogen-bond acceptors (Lipinski definition) is 5. The molecule has 6 nitrogen and oxygen atoms in total. The predicted molar refractivity (Wildman–Crippen MR) is 88.4 cm³/mol. The van der Waals surface area contributed by atoms with Gasteiger partial charge in [-0.15, -0.1) is 11.3 Å². The molecule has 23 heavy (non-hydrogen) atoms. The largest absolute Gasteiger partial charge is 0.507 e. The van der Waals surface area contributed by atoms with E-state index in [9.17, 15) is 18.3 Å². The first-order chi connectivity index (χ1) is 11.0. The number of amides is 1. The number of thiophene rings is 1. The fourth-order valence-electron chi connectivity index (χ4n) is 2.49. The van der Waals surface area contributed by atoms with Crippen molar-refractivity contribution in [2.45, 2.75) is 17.1 Å². The Morgan fingerprint density at radius 1 is 1.22 bits per heavy atom. The standard InChI is InChI=1S/C15H16N2O4S2/c18-13-10-11(16-23(20,21)14-4-3-9-22-14)5-6-12(13)15(19)17-7-1-2-8-17/h3-6,9-10,16,18H,1-2,7-8H2. The van der Waals surface area contributed by atoms with Gasteiger partial charge in [0.25, 0.3) is 15.9 Å². The van der Waals surface area contributed by atoms with Crippen LogP contribution in [0, 0.1) is 0 Å². The molecule has 0 atom stereocenters. The Morgan fingerprint density at radius 3 is 2.57 bits per heavy atom. The normalized spacial score (nSPS) is 14.9. The van der Waals surface area contributed by atoms with Crippen molar-refractivity contribution < 1.29 is 18.3 Å². The molecule has 3 rings (SSSR count). The lowest BCUT2D eigenvalue weighted by molar-refractivity contribution is 0.0790. The molecule has 1 fully saturated rings. The third-order valence-electron chi connectivity index (χ3n) is 3.63. The van der Waals surface area contributed by atoms with Crippen molar-refractivity contribution in [3.8, 4) is 5.75 Å². The Hall–Kier alpha value is -2.06. The Kier molecular flexibility index (Phi) is 4.27. The van der Waals surface area contributed by atoms with Gasteiger partial charge in [-0.3, -0.25) is 9.52 Å². The summed E-state index contributed by atoms with van der Waals surface area (Å²) in [6, 6.07) is 7.33. The summed E-state index contributed by atoms with van der Waals surface area (Å²) in [6.45, 7) is 1.37. The van der Waals surface area contributed by atoms with Crippen LogP contribution in [0.25, 0.3) is 0 Å². The highest BCUT2D eigenvalue weighted by atomic mass is 32.2. The molecule has 1 aliphatic heterocycles. The van der Waals surface area contributed by atoms with Gasteiger partial charge in [0.15, 0.2) is 0 Å². The number of hydrogen-bond donors (Lipinski definition) is 2. The average molecular weight is 352 g/mol. The summed E-state index contributed by atoms with van der Waals surface area (Å²) in [5, 5.41) is 11.7. The number of phenolic OH excluding ortho intramolecular Hbond substituents is 1. The van der Waals surface area contributed by atoms with Gasteiger partial charge in [0.05, 0.1) is 11.3 Å². The molecule has 122 valence electrons. The topological polar surface area (TPSA) is 86.7 Å². The Balaban J connectivity index is 1.81. The molecule has 0 saturated carbocycles. The second-order valence-electron chi connectivity index (χ2n) is 5.27. The molecule has 1 saturated heterocycles. The Morgan fingerprint density at radius 2 is 1.96 bits per heavy atom. The summed E-state index contributed by atoms with van der Waals surface area (Å²) in [5.74, 6) is -0.457. The zero-order valence-electron chi connectivity index (χ0n) is 12.2. The van der Waals surface area contributed by atoms with Gasteiger partial charge in [-0.1, -0.05) is 6.07 Å². The summed E-state index contributed by atoms with van der Waals surface area (Å²) < 4.78 is 26.9. The number of benzene rings is 1. The maximum absolute atomic E-state index is 12.3. The fraction of sp³-hybridized carbons (Fsp3) is 0.267. The molecule has 1 aliphatic rings. The molecule has 2 aromatic rings. The van der Waals surface area contributed by atoms with Gasteiger partial charge in [0.2, 0.25) is 0 Å². The molecule has 0 radical (unpaired) electrons. The summed E-state index contributed by atoms with van der Waals surface area (Å²) in [4.78, 5) is 14.0. The van der Waals surface area contributed by atoms with Gasteiger partial charge >= 0.3 is 0 Å². The Bertz CT molecular complexity index is 810. The number of rotatable bonds is 4. The van der Waals surface area contributed by atoms with Crippen LogP contribution in [0.4, 0.5) is 5.69 Å². The van der Waals surface area contributed by atoms with Crippen molar-refractivity contribution in [1.29, 1.82) is 0 Å². The highest BCUT2D eigenvalue weighted by molar-refractivity contribution is 7.94. The van der Waals surface area contributed by atoms with Gasteiger partial charge < -0.3 is 10.0 Å². The smallest absolute Gasteiger partial charge is 0.271 e. The van der Waals surface area contributed by atoms with Gasteiger partial charge in [-0.05, 0) is 36.4 Å². The van der Waals surface area contributed by atoms with Gasteiger partial charge in [0, 0.05) is 19.2 Å². The molecular formula is C15H16N2O4S2. The molecule has 1 amide bonds. The van der Waals surface area contributed by atoms with Crippen molar-refractivity contribution in [2.75, 3.05) is 17.8 Å². The predicted octanol–water partition coefficient (Wildman–Crippen LogP) is 2.49. The van der Waals surface area contributed by atoms with Crippen LogP contribution in [-0.4, -0.2) is 37.4 Å². The Labute approximate surface area is 138 Å². The number of carbonyl (C=O) groups excluding carboxylic acids is 1. The zero-order valence-corrected chi connectivity index (χ0v) is 13.9. The van der Waals surface area contributed by atoms with Crippen molar-refractivity contribution in [2.24, 2.45) is 0 Å². The van der Waals surface area contributed by atoms with E-state index in [1.165, 1.54) is 24.3 Å². The van der Waals surface area contributed by atoms with Crippen molar-refractivity contribution in [3.05, 3.63) is 41.3 Å². The molecule has 2 heterocycles. The van der Waals surface area contributed by atoms with Crippen LogP contribution in [0.3, 0.4) is 0 Å². The summed E-state index contributed by atoms with van der Waals surface area (Å²) >= 11 is 1.10. The molecule has 8 heteroatoms. The minimum atomic E-state index is -3.67. The van der Waals surface area contributed by atoms with Crippen molar-refractivity contribution in [1.82, 2.24) is 4.90 Å². The lowest BCUT2D eigenvalue weighted by Crippen LogP contribution is -2.27. The van der Waals surface area contributed by atoms with Crippen LogP contribution < -0.4 is 4.72 Å². The van der Waals surface area contributed by atoms with E-state index in [2.05, 4.69) is 4.72 Å². The summed E-state index contributed by atoms with van der Waals surface area (Å²) in [6.07, 6.45) is 1.93. The lowest BCUT2D eigenvalue weighted by atomic mass is 10.1. The molecule has 2 N–H and O–H groups in total. The molecule has 0 spiro atoms. The molecule has 1 aromatic carbocycles. The highest BCUT2D eigenvalue weighted by Crippen LogP contribution is 2.27. The quantitative estimate of drug-likeness (QED) is 0.885. The maximum atomic E-state index is 12.3. The number of nitrogens with one attached hydrogen (secondary N) is 1. The second-order valence-corrected chi connectivity index (χ2v) is 8.13. The van der Waals surface area contributed by atoms with E-state index in [4.69, 9.17) is 0 Å². The van der Waals surface area contributed by atoms with Gasteiger partial charge in [0.1, 0.15) is 9.96 Å². The zero-order chi connectivity index (χ0) is 16.4. The first-order valence-electron chi connectivity index (χ1n) is 7.16. The van der Waals surface area contributed by atoms with Gasteiger partial charge in [-0.2, -0.15) is 0 Å². The van der Waals surface area contributed by atoms with Crippen molar-refractivity contribution >= 4 is 33.0 Å². The van der Waals surface area contributed by atoms with Crippen LogP contribution >= 0.6 is 11.3 Å². The molecule has 1 aromatic heterocycles. The fourth-order valence-corrected chi connectivity index (χ4v) is 4.53. The number of nitrogens with zero attached hydrogens (tertiary/aromatic N) is 1. The first-order valence-corrected chi connectivity index (χ1v) is 9.52. The minimum absolute atomic E-state index is 0.186. The number of carbonyl (C=O) groups is 1. The number of aromatic hydroxyl groups is 1. The van der Waals surface area contributed by atoms with Crippen LogP contribution in [0.2, 0.25) is 0 Å². The number of phenols is 1. The summed E-state index contributed by atoms with van der Waals surface area (Å²) in [5.41, 5.74) is 0.403. The summed E-state index contributed by atoms with van der Waals surface area (Å²) in [7, 11) is -3.67. The number of sulfonamides is 1. The SMILES string of the molecule is O=C(c1ccc(NS(=O)(=O)c2cccs2)cc1O)N1CCCC1. The van der Waals surface area contributed by atoms with E-state index in [-0.39, 0.29) is 27.1 Å². The van der Waals surface area contributed by atoms with Crippen LogP contribution in [0.1, 0.15) is 23.2 Å². The monoisotopic (exact) mass is 352 g/mol. The first kappa shape index (κ1) is 15.8. The van der Waals surface area contributed by atoms with Crippen LogP contribution in [0.5, 0.6) is 5.75 Å². The number of anilines is 1. The van der Waals surface area contributed by atoms with E-state index >= 15 is 0 Å². The van der Waals surface area contributed by atoms with Crippen molar-refractivity contribution in [3.63, 3.8) is 0 Å². The maximum Gasteiger partial charge on any atom is 0.271 e. The second kappa shape index (κ2) is 6.21.